The molecule has 0 saturated carbocycles. The first kappa shape index (κ1) is 11.8. The van der Waals surface area contributed by atoms with E-state index in [9.17, 15) is 18.3 Å². The first-order chi connectivity index (χ1) is 6.94. The van der Waals surface area contributed by atoms with Gasteiger partial charge in [-0.2, -0.15) is 5.11 Å². The van der Waals surface area contributed by atoms with E-state index in [1.165, 1.54) is 18.2 Å². The number of rotatable bonds is 3. The first-order valence-electron chi connectivity index (χ1n) is 3.97. The maximum atomic E-state index is 11.9. The molecule has 0 bridgehead atoms. The largest absolute Gasteiger partial charge is 0.573 e. The van der Waals surface area contributed by atoms with Crippen LogP contribution >= 0.6 is 0 Å². The number of methoxy groups -OCH3 is 1. The Morgan fingerprint density at radius 1 is 1.27 bits per heavy atom. The van der Waals surface area contributed by atoms with Gasteiger partial charge in [-0.25, -0.2) is 0 Å². The van der Waals surface area contributed by atoms with Crippen LogP contribution in [-0.2, 0) is 9.84 Å². The SMILES string of the molecule is COC([O])c1ccccc1OC(F)(F)F. The number of para-hydroxylation sites is 1. The van der Waals surface area contributed by atoms with Crippen molar-refractivity contribution in [2.45, 2.75) is 12.7 Å². The van der Waals surface area contributed by atoms with Gasteiger partial charge in [0.25, 0.3) is 0 Å². The van der Waals surface area contributed by atoms with E-state index in [1.54, 1.807) is 0 Å². The van der Waals surface area contributed by atoms with Crippen LogP contribution in [0.4, 0.5) is 13.2 Å². The third-order valence-electron chi connectivity index (χ3n) is 1.61. The summed E-state index contributed by atoms with van der Waals surface area (Å²) >= 11 is 0. The Kier molecular flexibility index (Phi) is 3.54. The second-order valence-corrected chi connectivity index (χ2v) is 2.65. The third kappa shape index (κ3) is 3.41. The summed E-state index contributed by atoms with van der Waals surface area (Å²) in [6.45, 7) is 0. The Morgan fingerprint density at radius 2 is 1.87 bits per heavy atom. The molecule has 0 fully saturated rings. The van der Waals surface area contributed by atoms with Gasteiger partial charge in [-0.15, -0.1) is 13.2 Å². The molecule has 0 N–H and O–H groups in total. The molecule has 0 aliphatic carbocycles. The lowest BCUT2D eigenvalue weighted by atomic mass is 10.2. The summed E-state index contributed by atoms with van der Waals surface area (Å²) in [6.07, 6.45) is -6.51. The Morgan fingerprint density at radius 3 is 2.40 bits per heavy atom. The molecule has 1 unspecified atom stereocenters. The van der Waals surface area contributed by atoms with Gasteiger partial charge >= 0.3 is 6.36 Å². The van der Waals surface area contributed by atoms with Crippen molar-refractivity contribution in [3.63, 3.8) is 0 Å². The molecule has 0 aliphatic rings. The molecule has 1 radical (unpaired) electrons. The zero-order valence-electron chi connectivity index (χ0n) is 7.75. The number of benzene rings is 1. The van der Waals surface area contributed by atoms with Gasteiger partial charge in [0, 0.05) is 7.11 Å². The van der Waals surface area contributed by atoms with Crippen LogP contribution in [0, 0.1) is 0 Å². The molecular weight excluding hydrogens is 213 g/mol. The quantitative estimate of drug-likeness (QED) is 0.736. The summed E-state index contributed by atoms with van der Waals surface area (Å²) < 4.78 is 43.8. The molecule has 3 nitrogen and oxygen atoms in total. The molecule has 0 aromatic heterocycles. The predicted molar refractivity (Wildman–Crippen MR) is 43.6 cm³/mol. The van der Waals surface area contributed by atoms with Crippen LogP contribution in [-0.4, -0.2) is 13.5 Å². The smallest absolute Gasteiger partial charge is 0.405 e. The van der Waals surface area contributed by atoms with E-state index in [4.69, 9.17) is 0 Å². The molecule has 1 aromatic rings. The Bertz CT molecular complexity index is 325. The molecule has 6 heteroatoms. The number of hydrogen-bond acceptors (Lipinski definition) is 2. The normalized spacial score (nSPS) is 13.7. The summed E-state index contributed by atoms with van der Waals surface area (Å²) in [6, 6.07) is 5.06. The number of ether oxygens (including phenoxy) is 2. The average Bonchev–Trinajstić information content (AvgIpc) is 2.15. The van der Waals surface area contributed by atoms with E-state index in [0.717, 1.165) is 13.2 Å². The highest BCUT2D eigenvalue weighted by Gasteiger charge is 2.32. The van der Waals surface area contributed by atoms with Gasteiger partial charge in [0.05, 0.1) is 5.56 Å². The fraction of sp³-hybridized carbons (Fsp3) is 0.333. The summed E-state index contributed by atoms with van der Waals surface area (Å²) in [5, 5.41) is 11.1. The lowest BCUT2D eigenvalue weighted by molar-refractivity contribution is -0.275. The summed E-state index contributed by atoms with van der Waals surface area (Å²) in [5.41, 5.74) is -0.183. The summed E-state index contributed by atoms with van der Waals surface area (Å²) in [5.74, 6) is -0.535. The lowest BCUT2D eigenvalue weighted by Crippen LogP contribution is -2.18. The van der Waals surface area contributed by atoms with Crippen LogP contribution in [0.2, 0.25) is 0 Å². The zero-order valence-corrected chi connectivity index (χ0v) is 7.75. The monoisotopic (exact) mass is 221 g/mol. The van der Waals surface area contributed by atoms with Crippen molar-refractivity contribution in [1.29, 1.82) is 0 Å². The van der Waals surface area contributed by atoms with E-state index >= 15 is 0 Å². The predicted octanol–water partition coefficient (Wildman–Crippen LogP) is 2.66. The van der Waals surface area contributed by atoms with E-state index < -0.39 is 18.4 Å². The Labute approximate surface area is 84.0 Å². The van der Waals surface area contributed by atoms with E-state index in [-0.39, 0.29) is 5.56 Å². The maximum Gasteiger partial charge on any atom is 0.573 e. The van der Waals surface area contributed by atoms with Gasteiger partial charge in [-0.05, 0) is 6.07 Å². The zero-order chi connectivity index (χ0) is 11.5. The molecule has 0 aliphatic heterocycles. The molecule has 0 heterocycles. The third-order valence-corrected chi connectivity index (χ3v) is 1.61. The molecule has 0 spiro atoms. The van der Waals surface area contributed by atoms with Gasteiger partial charge in [0.15, 0.2) is 0 Å². The second kappa shape index (κ2) is 4.50. The van der Waals surface area contributed by atoms with Crippen molar-refractivity contribution in [1.82, 2.24) is 0 Å². The van der Waals surface area contributed by atoms with Crippen LogP contribution in [0.25, 0.3) is 0 Å². The molecule has 83 valence electrons. The fourth-order valence-electron chi connectivity index (χ4n) is 1.02. The van der Waals surface area contributed by atoms with Crippen LogP contribution in [0.15, 0.2) is 24.3 Å². The number of hydrogen-bond donors (Lipinski definition) is 0. The minimum atomic E-state index is -4.82. The van der Waals surface area contributed by atoms with Crippen molar-refractivity contribution in [2.75, 3.05) is 7.11 Å². The van der Waals surface area contributed by atoms with Crippen molar-refractivity contribution in [2.24, 2.45) is 0 Å². The van der Waals surface area contributed by atoms with Gasteiger partial charge in [0.2, 0.25) is 6.29 Å². The van der Waals surface area contributed by atoms with Crippen molar-refractivity contribution < 1.29 is 27.8 Å². The van der Waals surface area contributed by atoms with Gasteiger partial charge in [0.1, 0.15) is 5.75 Å². The van der Waals surface area contributed by atoms with Crippen molar-refractivity contribution >= 4 is 0 Å². The first-order valence-corrected chi connectivity index (χ1v) is 3.97. The molecule has 1 rings (SSSR count). The minimum absolute atomic E-state index is 0.183. The Balaban J connectivity index is 2.96. The van der Waals surface area contributed by atoms with Gasteiger partial charge in [-0.1, -0.05) is 18.2 Å². The lowest BCUT2D eigenvalue weighted by Gasteiger charge is -2.14. The van der Waals surface area contributed by atoms with Crippen LogP contribution in [0.5, 0.6) is 5.75 Å². The van der Waals surface area contributed by atoms with Crippen molar-refractivity contribution in [3.8, 4) is 5.75 Å². The highest BCUT2D eigenvalue weighted by Crippen LogP contribution is 2.30. The molecule has 1 aromatic carbocycles. The number of alkyl halides is 3. The van der Waals surface area contributed by atoms with E-state index in [2.05, 4.69) is 9.47 Å². The maximum absolute atomic E-state index is 11.9. The topological polar surface area (TPSA) is 38.4 Å². The highest BCUT2D eigenvalue weighted by atomic mass is 19.4. The number of halogens is 3. The van der Waals surface area contributed by atoms with E-state index in [1.807, 2.05) is 0 Å². The summed E-state index contributed by atoms with van der Waals surface area (Å²) in [7, 11) is 1.11. The highest BCUT2D eigenvalue weighted by molar-refractivity contribution is 5.34. The van der Waals surface area contributed by atoms with Crippen LogP contribution in [0.3, 0.4) is 0 Å². The van der Waals surface area contributed by atoms with Gasteiger partial charge < -0.3 is 9.47 Å². The summed E-state index contributed by atoms with van der Waals surface area (Å²) in [4.78, 5) is 0. The molecule has 15 heavy (non-hydrogen) atoms. The second-order valence-electron chi connectivity index (χ2n) is 2.65. The van der Waals surface area contributed by atoms with Crippen LogP contribution in [0.1, 0.15) is 11.9 Å². The average molecular weight is 221 g/mol. The molecular formula is C9H8F3O3. The molecule has 1 atom stereocenters. The van der Waals surface area contributed by atoms with E-state index in [0.29, 0.717) is 0 Å². The molecule has 0 amide bonds. The van der Waals surface area contributed by atoms with Crippen molar-refractivity contribution in [3.05, 3.63) is 29.8 Å². The molecule has 0 saturated heterocycles. The van der Waals surface area contributed by atoms with Gasteiger partial charge in [-0.3, -0.25) is 0 Å². The standard InChI is InChI=1S/C9H8F3O3/c1-14-8(13)6-4-2-3-5-7(6)15-9(10,11)12/h2-5,8H,1H3. The van der Waals surface area contributed by atoms with Crippen LogP contribution < -0.4 is 4.74 Å². The fourth-order valence-corrected chi connectivity index (χ4v) is 1.02. The minimum Gasteiger partial charge on any atom is -0.405 e. The Hall–Kier alpha value is -1.27.